The van der Waals surface area contributed by atoms with Crippen LogP contribution in [-0.4, -0.2) is 35.1 Å². The van der Waals surface area contributed by atoms with E-state index in [-0.39, 0.29) is 11.7 Å². The van der Waals surface area contributed by atoms with Crippen molar-refractivity contribution in [3.63, 3.8) is 0 Å². The van der Waals surface area contributed by atoms with E-state index in [1.165, 1.54) is 19.5 Å². The van der Waals surface area contributed by atoms with Gasteiger partial charge in [-0.3, -0.25) is 9.59 Å². The molecule has 5 nitrogen and oxygen atoms in total. The molecular formula is C8H8N2O3S. The van der Waals surface area contributed by atoms with Gasteiger partial charge in [-0.15, -0.1) is 0 Å². The zero-order chi connectivity index (χ0) is 10.4. The summed E-state index contributed by atoms with van der Waals surface area (Å²) in [7, 11) is 1.32. The predicted molar refractivity (Wildman–Crippen MR) is 50.2 cm³/mol. The summed E-state index contributed by atoms with van der Waals surface area (Å²) in [6.45, 7) is 0. The van der Waals surface area contributed by atoms with Gasteiger partial charge in [-0.1, -0.05) is 11.8 Å². The number of thioether (sulfide) groups is 1. The molecule has 0 fully saturated rings. The number of methoxy groups -OCH3 is 1. The number of carbonyl (C=O) groups is 2. The van der Waals surface area contributed by atoms with Gasteiger partial charge in [-0.2, -0.15) is 0 Å². The molecular weight excluding hydrogens is 204 g/mol. The van der Waals surface area contributed by atoms with Crippen LogP contribution in [0.4, 0.5) is 0 Å². The van der Waals surface area contributed by atoms with E-state index in [9.17, 15) is 9.59 Å². The fourth-order valence-electron chi connectivity index (χ4n) is 0.644. The second kappa shape index (κ2) is 5.33. The summed E-state index contributed by atoms with van der Waals surface area (Å²) in [6.07, 6.45) is 3.47. The highest BCUT2D eigenvalue weighted by Crippen LogP contribution is 2.11. The molecule has 0 aliphatic rings. The van der Waals surface area contributed by atoms with Gasteiger partial charge in [-0.05, 0) is 0 Å². The third-order valence-corrected chi connectivity index (χ3v) is 2.18. The zero-order valence-electron chi connectivity index (χ0n) is 7.47. The topological polar surface area (TPSA) is 69.2 Å². The highest BCUT2D eigenvalue weighted by atomic mass is 32.2. The first kappa shape index (κ1) is 10.6. The van der Waals surface area contributed by atoms with Crippen molar-refractivity contribution in [3.05, 3.63) is 18.0 Å². The van der Waals surface area contributed by atoms with Crippen molar-refractivity contribution < 1.29 is 14.3 Å². The summed E-state index contributed by atoms with van der Waals surface area (Å²) >= 11 is 1.16. The number of esters is 1. The van der Waals surface area contributed by atoms with Crippen LogP contribution in [0.2, 0.25) is 0 Å². The van der Waals surface area contributed by atoms with E-state index >= 15 is 0 Å². The van der Waals surface area contributed by atoms with Gasteiger partial charge in [-0.25, -0.2) is 9.97 Å². The standard InChI is InChI=1S/C8H8N2O3S/c1-13-7(12)5-14-8-9-2-6(4-11)3-10-8/h2-4H,5H2,1H3. The minimum absolute atomic E-state index is 0.164. The molecule has 0 unspecified atom stereocenters. The summed E-state index contributed by atoms with van der Waals surface area (Å²) in [5, 5.41) is 0.445. The van der Waals surface area contributed by atoms with Crippen LogP contribution in [0.25, 0.3) is 0 Å². The lowest BCUT2D eigenvalue weighted by atomic mass is 10.4. The molecule has 74 valence electrons. The number of hydrogen-bond acceptors (Lipinski definition) is 6. The molecule has 0 aliphatic carbocycles. The largest absolute Gasteiger partial charge is 0.468 e. The number of aldehydes is 1. The van der Waals surface area contributed by atoms with E-state index in [2.05, 4.69) is 14.7 Å². The van der Waals surface area contributed by atoms with E-state index in [1.807, 2.05) is 0 Å². The van der Waals surface area contributed by atoms with Crippen LogP contribution in [0.5, 0.6) is 0 Å². The second-order valence-electron chi connectivity index (χ2n) is 2.28. The minimum Gasteiger partial charge on any atom is -0.468 e. The number of ether oxygens (including phenoxy) is 1. The van der Waals surface area contributed by atoms with E-state index in [4.69, 9.17) is 0 Å². The van der Waals surface area contributed by atoms with Gasteiger partial charge in [0.2, 0.25) is 0 Å². The average molecular weight is 212 g/mol. The maximum atomic E-state index is 10.8. The zero-order valence-corrected chi connectivity index (χ0v) is 8.28. The van der Waals surface area contributed by atoms with Crippen molar-refractivity contribution in [2.75, 3.05) is 12.9 Å². The van der Waals surface area contributed by atoms with E-state index in [0.29, 0.717) is 17.0 Å². The number of hydrogen-bond donors (Lipinski definition) is 0. The Labute approximate surface area is 84.9 Å². The summed E-state index contributed by atoms with van der Waals surface area (Å²) in [5.41, 5.74) is 0.410. The number of aromatic nitrogens is 2. The lowest BCUT2D eigenvalue weighted by molar-refractivity contribution is -0.137. The second-order valence-corrected chi connectivity index (χ2v) is 3.22. The smallest absolute Gasteiger partial charge is 0.316 e. The molecule has 0 atom stereocenters. The summed E-state index contributed by atoms with van der Waals surface area (Å²) < 4.78 is 4.45. The Bertz CT molecular complexity index is 326. The van der Waals surface area contributed by atoms with Crippen LogP contribution in [0.3, 0.4) is 0 Å². The van der Waals surface area contributed by atoms with Crippen molar-refractivity contribution in [1.82, 2.24) is 9.97 Å². The average Bonchev–Trinajstić information content (AvgIpc) is 2.26. The van der Waals surface area contributed by atoms with Gasteiger partial charge < -0.3 is 4.74 Å². The highest BCUT2D eigenvalue weighted by Gasteiger charge is 2.03. The van der Waals surface area contributed by atoms with Crippen LogP contribution in [-0.2, 0) is 9.53 Å². The van der Waals surface area contributed by atoms with Crippen LogP contribution in [0.15, 0.2) is 17.6 Å². The Balaban J connectivity index is 2.51. The van der Waals surface area contributed by atoms with E-state index in [0.717, 1.165) is 11.8 Å². The van der Waals surface area contributed by atoms with Gasteiger partial charge in [0, 0.05) is 12.4 Å². The first-order chi connectivity index (χ1) is 6.76. The van der Waals surface area contributed by atoms with Crippen LogP contribution in [0.1, 0.15) is 10.4 Å². The van der Waals surface area contributed by atoms with E-state index < -0.39 is 0 Å². The highest BCUT2D eigenvalue weighted by molar-refractivity contribution is 7.99. The van der Waals surface area contributed by atoms with Crippen molar-refractivity contribution >= 4 is 24.0 Å². The molecule has 0 saturated carbocycles. The Morgan fingerprint density at radius 3 is 2.71 bits per heavy atom. The third-order valence-electron chi connectivity index (χ3n) is 1.33. The van der Waals surface area contributed by atoms with Crippen molar-refractivity contribution in [2.24, 2.45) is 0 Å². The molecule has 1 aromatic rings. The van der Waals surface area contributed by atoms with Gasteiger partial charge in [0.15, 0.2) is 11.4 Å². The van der Waals surface area contributed by atoms with Crippen LogP contribution >= 0.6 is 11.8 Å². The quantitative estimate of drug-likeness (QED) is 0.314. The fraction of sp³-hybridized carbons (Fsp3) is 0.250. The molecule has 0 saturated heterocycles. The maximum absolute atomic E-state index is 10.8. The van der Waals surface area contributed by atoms with Gasteiger partial charge in [0.05, 0.1) is 18.4 Å². The Morgan fingerprint density at radius 1 is 1.57 bits per heavy atom. The van der Waals surface area contributed by atoms with Crippen molar-refractivity contribution in [1.29, 1.82) is 0 Å². The minimum atomic E-state index is -0.335. The molecule has 1 rings (SSSR count). The normalized spacial score (nSPS) is 9.50. The lowest BCUT2D eigenvalue weighted by Crippen LogP contribution is -2.03. The third kappa shape index (κ3) is 3.14. The van der Waals surface area contributed by atoms with Crippen LogP contribution < -0.4 is 0 Å². The lowest BCUT2D eigenvalue weighted by Gasteiger charge is -1.98. The molecule has 0 radical (unpaired) electrons. The van der Waals surface area contributed by atoms with Crippen LogP contribution in [0, 0.1) is 0 Å². The molecule has 0 aliphatic heterocycles. The van der Waals surface area contributed by atoms with Gasteiger partial charge >= 0.3 is 5.97 Å². The Hall–Kier alpha value is -1.43. The van der Waals surface area contributed by atoms with Crippen molar-refractivity contribution in [2.45, 2.75) is 5.16 Å². The van der Waals surface area contributed by atoms with Gasteiger partial charge in [0.1, 0.15) is 0 Å². The van der Waals surface area contributed by atoms with E-state index in [1.54, 1.807) is 0 Å². The molecule has 0 aromatic carbocycles. The van der Waals surface area contributed by atoms with Gasteiger partial charge in [0.25, 0.3) is 0 Å². The Morgan fingerprint density at radius 2 is 2.21 bits per heavy atom. The molecule has 1 aromatic heterocycles. The summed E-state index contributed by atoms with van der Waals surface area (Å²) in [4.78, 5) is 28.8. The fourth-order valence-corrected chi connectivity index (χ4v) is 1.26. The predicted octanol–water partition coefficient (Wildman–Crippen LogP) is 0.554. The number of carbonyl (C=O) groups excluding carboxylic acids is 2. The SMILES string of the molecule is COC(=O)CSc1ncc(C=O)cn1. The molecule has 0 spiro atoms. The molecule has 14 heavy (non-hydrogen) atoms. The maximum Gasteiger partial charge on any atom is 0.316 e. The molecule has 1 heterocycles. The molecule has 6 heteroatoms. The molecule has 0 amide bonds. The van der Waals surface area contributed by atoms with Crippen molar-refractivity contribution in [3.8, 4) is 0 Å². The monoisotopic (exact) mass is 212 g/mol. The molecule has 0 bridgehead atoms. The summed E-state index contributed by atoms with van der Waals surface area (Å²) in [6, 6.07) is 0. The molecule has 0 N–H and O–H groups in total. The first-order valence-electron chi connectivity index (χ1n) is 3.73. The summed E-state index contributed by atoms with van der Waals surface area (Å²) in [5.74, 6) is -0.171. The number of nitrogens with zero attached hydrogens (tertiary/aromatic N) is 2. The first-order valence-corrected chi connectivity index (χ1v) is 4.71. The Kier molecular flexibility index (Phi) is 4.06. The number of rotatable bonds is 4.